The van der Waals surface area contributed by atoms with Crippen molar-refractivity contribution in [2.24, 2.45) is 4.99 Å². The number of aromatic amines is 1. The minimum Gasteiger partial charge on any atom is -0.469 e. The number of methoxy groups -OCH3 is 1. The highest BCUT2D eigenvalue weighted by molar-refractivity contribution is 9.10. The van der Waals surface area contributed by atoms with E-state index in [9.17, 15) is 18.8 Å². The van der Waals surface area contributed by atoms with Crippen LogP contribution in [0.5, 0.6) is 0 Å². The van der Waals surface area contributed by atoms with Crippen molar-refractivity contribution in [1.29, 1.82) is 0 Å². The molecule has 200 valence electrons. The van der Waals surface area contributed by atoms with Crippen LogP contribution in [-0.2, 0) is 14.3 Å². The molecule has 14 heteroatoms. The van der Waals surface area contributed by atoms with E-state index in [0.717, 1.165) is 0 Å². The zero-order chi connectivity index (χ0) is 27.2. The highest BCUT2D eigenvalue weighted by Gasteiger charge is 2.21. The molecule has 0 bridgehead atoms. The van der Waals surface area contributed by atoms with Crippen LogP contribution in [0.4, 0.5) is 10.1 Å². The molecule has 1 aromatic heterocycles. The first-order valence-electron chi connectivity index (χ1n) is 11.5. The SMILES string of the molecule is COC(=O)CC(NC(=O)CNC(=O)c1cc(NC2=NCC(F)CN2)c2cn[nH]c2c1)c1cc(Cl)cc(Br)c1. The number of alkyl halides is 1. The first-order valence-corrected chi connectivity index (χ1v) is 12.7. The molecule has 0 saturated carbocycles. The van der Waals surface area contributed by atoms with E-state index in [-0.39, 0.29) is 31.6 Å². The maximum absolute atomic E-state index is 13.4. The minimum atomic E-state index is -1.06. The van der Waals surface area contributed by atoms with Gasteiger partial charge < -0.3 is 26.0 Å². The van der Waals surface area contributed by atoms with Crippen LogP contribution in [-0.4, -0.2) is 66.9 Å². The largest absolute Gasteiger partial charge is 0.469 e. The summed E-state index contributed by atoms with van der Waals surface area (Å²) in [6.45, 7) is -0.199. The Morgan fingerprint density at radius 2 is 2.08 bits per heavy atom. The zero-order valence-electron chi connectivity index (χ0n) is 20.1. The first kappa shape index (κ1) is 27.3. The molecule has 2 heterocycles. The summed E-state index contributed by atoms with van der Waals surface area (Å²) in [7, 11) is 1.25. The summed E-state index contributed by atoms with van der Waals surface area (Å²) in [6.07, 6.45) is 0.393. The van der Waals surface area contributed by atoms with Crippen molar-refractivity contribution in [3.8, 4) is 0 Å². The molecule has 1 aliphatic heterocycles. The van der Waals surface area contributed by atoms with Gasteiger partial charge in [-0.25, -0.2) is 9.38 Å². The smallest absolute Gasteiger partial charge is 0.307 e. The van der Waals surface area contributed by atoms with Gasteiger partial charge in [0.15, 0.2) is 5.96 Å². The van der Waals surface area contributed by atoms with Crippen molar-refractivity contribution in [3.05, 3.63) is 57.2 Å². The van der Waals surface area contributed by atoms with Gasteiger partial charge in [0, 0.05) is 20.4 Å². The molecular formula is C24H24BrClFN7O4. The highest BCUT2D eigenvalue weighted by atomic mass is 79.9. The third kappa shape index (κ3) is 6.98. The number of H-pyrrole nitrogens is 1. The van der Waals surface area contributed by atoms with Crippen molar-refractivity contribution in [2.75, 3.05) is 32.1 Å². The van der Waals surface area contributed by atoms with Crippen molar-refractivity contribution < 1.29 is 23.5 Å². The summed E-state index contributed by atoms with van der Waals surface area (Å²) >= 11 is 9.48. The number of amides is 2. The van der Waals surface area contributed by atoms with Crippen LogP contribution < -0.4 is 21.3 Å². The maximum Gasteiger partial charge on any atom is 0.307 e. The lowest BCUT2D eigenvalue weighted by molar-refractivity contribution is -0.141. The lowest BCUT2D eigenvalue weighted by Gasteiger charge is -2.20. The predicted octanol–water partition coefficient (Wildman–Crippen LogP) is 2.84. The normalized spacial score (nSPS) is 15.7. The fraction of sp³-hybridized carbons (Fsp3) is 0.292. The Morgan fingerprint density at radius 1 is 1.26 bits per heavy atom. The second kappa shape index (κ2) is 12.2. The van der Waals surface area contributed by atoms with Gasteiger partial charge in [0.2, 0.25) is 5.91 Å². The Bertz CT molecular complexity index is 1380. The van der Waals surface area contributed by atoms with E-state index < -0.39 is 30.0 Å². The summed E-state index contributed by atoms with van der Waals surface area (Å²) in [6, 6.07) is 7.49. The third-order valence-corrected chi connectivity index (χ3v) is 6.32. The molecule has 0 saturated heterocycles. The van der Waals surface area contributed by atoms with Gasteiger partial charge in [0.1, 0.15) is 6.17 Å². The van der Waals surface area contributed by atoms with E-state index in [2.05, 4.69) is 52.4 Å². The van der Waals surface area contributed by atoms with E-state index in [0.29, 0.717) is 37.6 Å². The number of esters is 1. The van der Waals surface area contributed by atoms with E-state index in [1.54, 1.807) is 36.5 Å². The Balaban J connectivity index is 1.44. The van der Waals surface area contributed by atoms with E-state index in [4.69, 9.17) is 16.3 Å². The quantitative estimate of drug-likeness (QED) is 0.247. The van der Waals surface area contributed by atoms with Gasteiger partial charge in [-0.05, 0) is 35.9 Å². The Morgan fingerprint density at radius 3 is 2.79 bits per heavy atom. The summed E-state index contributed by atoms with van der Waals surface area (Å²) in [5.74, 6) is -1.19. The number of benzene rings is 2. The van der Waals surface area contributed by atoms with Gasteiger partial charge in [0.05, 0.1) is 56.6 Å². The zero-order valence-corrected chi connectivity index (χ0v) is 22.5. The van der Waals surface area contributed by atoms with Gasteiger partial charge in [-0.2, -0.15) is 5.10 Å². The lowest BCUT2D eigenvalue weighted by Crippen LogP contribution is -2.41. The molecule has 1 aliphatic rings. The minimum absolute atomic E-state index is 0.0300. The molecule has 38 heavy (non-hydrogen) atoms. The Hall–Kier alpha value is -3.71. The predicted molar refractivity (Wildman–Crippen MR) is 144 cm³/mol. The first-order chi connectivity index (χ1) is 18.2. The van der Waals surface area contributed by atoms with Crippen LogP contribution in [0.25, 0.3) is 10.9 Å². The molecule has 0 fully saturated rings. The van der Waals surface area contributed by atoms with Crippen LogP contribution in [0.15, 0.2) is 46.0 Å². The molecule has 4 rings (SSSR count). The number of carbonyl (C=O) groups is 3. The molecule has 5 N–H and O–H groups in total. The van der Waals surface area contributed by atoms with E-state index >= 15 is 0 Å². The number of nitrogens with zero attached hydrogens (tertiary/aromatic N) is 2. The molecule has 0 spiro atoms. The third-order valence-electron chi connectivity index (χ3n) is 5.64. The summed E-state index contributed by atoms with van der Waals surface area (Å²) < 4.78 is 18.8. The van der Waals surface area contributed by atoms with E-state index in [1.807, 2.05) is 0 Å². The van der Waals surface area contributed by atoms with Crippen molar-refractivity contribution in [2.45, 2.75) is 18.6 Å². The average Bonchev–Trinajstić information content (AvgIpc) is 3.36. The number of ether oxygens (including phenoxy) is 1. The molecule has 3 aromatic rings. The second-order valence-electron chi connectivity index (χ2n) is 8.43. The average molecular weight is 609 g/mol. The highest BCUT2D eigenvalue weighted by Crippen LogP contribution is 2.26. The fourth-order valence-corrected chi connectivity index (χ4v) is 4.69. The van der Waals surface area contributed by atoms with Gasteiger partial charge in [-0.15, -0.1) is 0 Å². The molecule has 2 atom stereocenters. The van der Waals surface area contributed by atoms with Crippen LogP contribution in [0, 0.1) is 0 Å². The second-order valence-corrected chi connectivity index (χ2v) is 9.79. The molecule has 0 aliphatic carbocycles. The van der Waals surface area contributed by atoms with Crippen molar-refractivity contribution in [1.82, 2.24) is 26.1 Å². The number of anilines is 1. The van der Waals surface area contributed by atoms with Crippen LogP contribution in [0.2, 0.25) is 5.02 Å². The molecule has 0 radical (unpaired) electrons. The van der Waals surface area contributed by atoms with Crippen LogP contribution >= 0.6 is 27.5 Å². The molecule has 11 nitrogen and oxygen atoms in total. The van der Waals surface area contributed by atoms with Crippen LogP contribution in [0.3, 0.4) is 0 Å². The summed E-state index contributed by atoms with van der Waals surface area (Å²) in [4.78, 5) is 41.7. The van der Waals surface area contributed by atoms with Gasteiger partial charge in [-0.3, -0.25) is 19.5 Å². The number of hydrogen-bond acceptors (Lipinski definition) is 8. The standard InChI is InChI=1S/C24H24BrClFN7O4/c1-38-22(36)7-18(12-2-14(25)6-15(26)3-12)32-21(35)11-28-23(37)13-4-19(17-10-31-34-20(17)5-13)33-24-29-8-16(27)9-30-24/h2-6,10,16,18H,7-9,11H2,1H3,(H,28,37)(H,31,34)(H,32,35)(H2,29,30,33). The van der Waals surface area contributed by atoms with E-state index in [1.165, 1.54) is 7.11 Å². The van der Waals surface area contributed by atoms with Crippen LogP contribution in [0.1, 0.15) is 28.4 Å². The fourth-order valence-electron chi connectivity index (χ4n) is 3.80. The number of carbonyl (C=O) groups excluding carboxylic acids is 3. The van der Waals surface area contributed by atoms with Gasteiger partial charge >= 0.3 is 5.97 Å². The van der Waals surface area contributed by atoms with Gasteiger partial charge in [0.25, 0.3) is 5.91 Å². The number of nitrogens with one attached hydrogen (secondary N) is 5. The topological polar surface area (TPSA) is 150 Å². The number of rotatable bonds is 8. The number of halogens is 3. The monoisotopic (exact) mass is 607 g/mol. The molecule has 2 amide bonds. The lowest BCUT2D eigenvalue weighted by atomic mass is 10.0. The maximum atomic E-state index is 13.4. The molecular weight excluding hydrogens is 585 g/mol. The van der Waals surface area contributed by atoms with Crippen molar-refractivity contribution >= 4 is 67.9 Å². The number of aromatic nitrogens is 2. The Labute approximate surface area is 230 Å². The summed E-state index contributed by atoms with van der Waals surface area (Å²) in [5.41, 5.74) is 1.95. The molecule has 2 unspecified atom stereocenters. The Kier molecular flexibility index (Phi) is 8.79. The molecule has 2 aromatic carbocycles. The van der Waals surface area contributed by atoms with Crippen molar-refractivity contribution in [3.63, 3.8) is 0 Å². The number of hydrogen-bond donors (Lipinski definition) is 5. The number of aliphatic imine (C=N–C) groups is 1. The summed E-state index contributed by atoms with van der Waals surface area (Å²) in [5, 5.41) is 19.2. The number of guanidine groups is 1. The van der Waals surface area contributed by atoms with Gasteiger partial charge in [-0.1, -0.05) is 27.5 Å². The number of fused-ring (bicyclic) bond motifs is 1.